The van der Waals surface area contributed by atoms with E-state index in [4.69, 9.17) is 4.74 Å². The lowest BCUT2D eigenvalue weighted by Gasteiger charge is -2.42. The minimum absolute atomic E-state index is 0.0495. The van der Waals surface area contributed by atoms with E-state index in [0.717, 1.165) is 5.69 Å². The van der Waals surface area contributed by atoms with E-state index in [-0.39, 0.29) is 55.1 Å². The standard InChI is InChI=1S/C26H41N7O6/c1-25(2,3)19-14-33(30-29-19)15-9-16-24(38)27-12-18-23(37)22(36)17(39-18)10-20(34)28-26(5-7-31(4)8-6-26)11-21(35)32(16)13-15/h14-18,22-23,36-37H,5-13H2,1-4H3,(H,27,38)(H,28,34)/t15-,16-,17-,18+,22?,23?/m0/s1. The molecule has 4 N–H and O–H groups in total. The molecule has 216 valence electrons. The van der Waals surface area contributed by atoms with Crippen molar-refractivity contribution in [2.24, 2.45) is 0 Å². The zero-order chi connectivity index (χ0) is 28.1. The Hall–Kier alpha value is -2.61. The first-order valence-electron chi connectivity index (χ1n) is 13.9. The number of ether oxygens (including phenoxy) is 1. The number of carbonyl (C=O) groups is 3. The summed E-state index contributed by atoms with van der Waals surface area (Å²) in [6.07, 6.45) is -0.976. The Morgan fingerprint density at radius 1 is 1.10 bits per heavy atom. The minimum atomic E-state index is -1.26. The highest BCUT2D eigenvalue weighted by Crippen LogP contribution is 2.33. The number of aliphatic hydroxyl groups excluding tert-OH is 2. The highest BCUT2D eigenvalue weighted by Gasteiger charge is 2.48. The van der Waals surface area contributed by atoms with E-state index < -0.39 is 36.0 Å². The molecule has 3 amide bonds. The number of carbonyl (C=O) groups excluding carboxylic acids is 3. The summed E-state index contributed by atoms with van der Waals surface area (Å²) in [5, 5.41) is 35.6. The molecule has 0 saturated carbocycles. The summed E-state index contributed by atoms with van der Waals surface area (Å²) in [5.41, 5.74) is -0.156. The number of amides is 3. The van der Waals surface area contributed by atoms with Gasteiger partial charge in [-0.25, -0.2) is 4.68 Å². The Morgan fingerprint density at radius 2 is 1.79 bits per heavy atom. The molecule has 4 fully saturated rings. The molecule has 39 heavy (non-hydrogen) atoms. The van der Waals surface area contributed by atoms with Crippen LogP contribution in [0.5, 0.6) is 0 Å². The van der Waals surface area contributed by atoms with Gasteiger partial charge in [0.1, 0.15) is 24.4 Å². The molecule has 1 aromatic rings. The van der Waals surface area contributed by atoms with Crippen molar-refractivity contribution in [3.05, 3.63) is 11.9 Å². The molecule has 4 aliphatic heterocycles. The van der Waals surface area contributed by atoms with Gasteiger partial charge < -0.3 is 35.4 Å². The second-order valence-corrected chi connectivity index (χ2v) is 12.7. The van der Waals surface area contributed by atoms with Crippen LogP contribution in [0.4, 0.5) is 0 Å². The number of nitrogens with zero attached hydrogens (tertiary/aromatic N) is 5. The molecule has 0 radical (unpaired) electrons. The van der Waals surface area contributed by atoms with Gasteiger partial charge in [0.25, 0.3) is 0 Å². The lowest BCUT2D eigenvalue weighted by molar-refractivity contribution is -0.141. The van der Waals surface area contributed by atoms with Gasteiger partial charge in [-0.1, -0.05) is 26.0 Å². The zero-order valence-electron chi connectivity index (χ0n) is 23.2. The SMILES string of the molecule is CN1CCC2(CC1)CC(=O)N1C[C@@H](n3cc(C(C)(C)C)nn3)C[C@H]1C(=O)NC[C@H]1O[C@@H](CC(=O)N2)C(O)C1O. The van der Waals surface area contributed by atoms with Crippen LogP contribution in [0.25, 0.3) is 0 Å². The Balaban J connectivity index is 1.44. The fourth-order valence-corrected chi connectivity index (χ4v) is 6.12. The Morgan fingerprint density at radius 3 is 2.46 bits per heavy atom. The van der Waals surface area contributed by atoms with Crippen molar-refractivity contribution in [2.45, 2.75) is 100 Å². The van der Waals surface area contributed by atoms with Gasteiger partial charge in [0.2, 0.25) is 17.7 Å². The van der Waals surface area contributed by atoms with E-state index >= 15 is 0 Å². The third kappa shape index (κ3) is 5.67. The van der Waals surface area contributed by atoms with Crippen molar-refractivity contribution in [3.63, 3.8) is 0 Å². The summed E-state index contributed by atoms with van der Waals surface area (Å²) in [5.74, 6) is -0.886. The largest absolute Gasteiger partial charge is 0.388 e. The quantitative estimate of drug-likeness (QED) is 0.335. The lowest BCUT2D eigenvalue weighted by Crippen LogP contribution is -2.58. The predicted molar refractivity (Wildman–Crippen MR) is 138 cm³/mol. The average molecular weight is 548 g/mol. The molecule has 13 nitrogen and oxygen atoms in total. The van der Waals surface area contributed by atoms with Crippen LogP contribution in [0.1, 0.15) is 64.6 Å². The van der Waals surface area contributed by atoms with Crippen molar-refractivity contribution >= 4 is 17.7 Å². The number of fused-ring (bicyclic) bond motifs is 3. The fraction of sp³-hybridized carbons (Fsp3) is 0.808. The van der Waals surface area contributed by atoms with Crippen LogP contribution < -0.4 is 10.6 Å². The van der Waals surface area contributed by atoms with Crippen molar-refractivity contribution in [1.29, 1.82) is 0 Å². The number of hydrogen-bond donors (Lipinski definition) is 4. The average Bonchev–Trinajstić information content (AvgIpc) is 3.59. The monoisotopic (exact) mass is 547 g/mol. The topological polar surface area (TPSA) is 162 Å². The molecule has 5 heterocycles. The summed E-state index contributed by atoms with van der Waals surface area (Å²) in [6, 6.07) is -1.00. The van der Waals surface area contributed by atoms with Crippen LogP contribution in [0.15, 0.2) is 6.20 Å². The second-order valence-electron chi connectivity index (χ2n) is 12.7. The molecule has 2 bridgehead atoms. The molecular weight excluding hydrogens is 506 g/mol. The van der Waals surface area contributed by atoms with Crippen LogP contribution in [-0.2, 0) is 24.5 Å². The van der Waals surface area contributed by atoms with Gasteiger partial charge in [-0.05, 0) is 19.9 Å². The lowest BCUT2D eigenvalue weighted by atomic mass is 9.83. The number of aromatic nitrogens is 3. The summed E-state index contributed by atoms with van der Waals surface area (Å²) in [4.78, 5) is 44.2. The summed E-state index contributed by atoms with van der Waals surface area (Å²) < 4.78 is 7.55. The smallest absolute Gasteiger partial charge is 0.242 e. The van der Waals surface area contributed by atoms with Gasteiger partial charge in [-0.2, -0.15) is 0 Å². The van der Waals surface area contributed by atoms with E-state index in [0.29, 0.717) is 32.4 Å². The number of rotatable bonds is 1. The maximum absolute atomic E-state index is 13.9. The molecule has 1 spiro atoms. The van der Waals surface area contributed by atoms with Gasteiger partial charge in [0, 0.05) is 44.2 Å². The first kappa shape index (κ1) is 27.9. The van der Waals surface area contributed by atoms with Crippen molar-refractivity contribution in [3.8, 4) is 0 Å². The maximum Gasteiger partial charge on any atom is 0.242 e. The van der Waals surface area contributed by atoms with E-state index in [9.17, 15) is 24.6 Å². The molecular formula is C26H41N7O6. The highest BCUT2D eigenvalue weighted by atomic mass is 16.5. The zero-order valence-corrected chi connectivity index (χ0v) is 23.2. The van der Waals surface area contributed by atoms with Crippen LogP contribution in [0, 0.1) is 0 Å². The molecule has 6 atom stereocenters. The Kier molecular flexibility index (Phi) is 7.46. The molecule has 4 aliphatic rings. The summed E-state index contributed by atoms with van der Waals surface area (Å²) >= 11 is 0. The Bertz CT molecular complexity index is 1090. The molecule has 5 rings (SSSR count). The number of nitrogens with one attached hydrogen (secondary N) is 2. The van der Waals surface area contributed by atoms with Crippen LogP contribution in [-0.4, -0.2) is 122 Å². The van der Waals surface area contributed by atoms with E-state index in [2.05, 4.69) is 25.8 Å². The second kappa shape index (κ2) is 10.4. The first-order valence-corrected chi connectivity index (χ1v) is 13.9. The molecule has 0 aliphatic carbocycles. The van der Waals surface area contributed by atoms with Crippen molar-refractivity contribution in [1.82, 2.24) is 35.4 Å². The van der Waals surface area contributed by atoms with E-state index in [1.54, 1.807) is 9.58 Å². The highest BCUT2D eigenvalue weighted by molar-refractivity contribution is 5.89. The van der Waals surface area contributed by atoms with Crippen LogP contribution in [0.2, 0.25) is 0 Å². The van der Waals surface area contributed by atoms with Gasteiger partial charge in [0.05, 0.1) is 36.2 Å². The molecule has 0 aromatic carbocycles. The predicted octanol–water partition coefficient (Wildman–Crippen LogP) is -1.30. The van der Waals surface area contributed by atoms with Crippen molar-refractivity contribution < 1.29 is 29.3 Å². The number of aliphatic hydroxyl groups is 2. The first-order chi connectivity index (χ1) is 18.3. The van der Waals surface area contributed by atoms with E-state index in [1.807, 2.05) is 34.0 Å². The molecule has 1 aromatic heterocycles. The van der Waals surface area contributed by atoms with Crippen LogP contribution in [0.3, 0.4) is 0 Å². The van der Waals surface area contributed by atoms with Crippen molar-refractivity contribution in [2.75, 3.05) is 33.2 Å². The fourth-order valence-electron chi connectivity index (χ4n) is 6.12. The number of piperidine rings is 1. The van der Waals surface area contributed by atoms with Gasteiger partial charge in [0.15, 0.2) is 0 Å². The van der Waals surface area contributed by atoms with Gasteiger partial charge in [-0.3, -0.25) is 14.4 Å². The van der Waals surface area contributed by atoms with Gasteiger partial charge >= 0.3 is 0 Å². The minimum Gasteiger partial charge on any atom is -0.388 e. The molecule has 2 unspecified atom stereocenters. The molecule has 4 saturated heterocycles. The third-order valence-electron chi connectivity index (χ3n) is 8.72. The molecule has 13 heteroatoms. The van der Waals surface area contributed by atoms with Gasteiger partial charge in [-0.15, -0.1) is 5.10 Å². The summed E-state index contributed by atoms with van der Waals surface area (Å²) in [7, 11) is 2.00. The number of hydrogen-bond acceptors (Lipinski definition) is 9. The van der Waals surface area contributed by atoms with Crippen LogP contribution >= 0.6 is 0 Å². The van der Waals surface area contributed by atoms with E-state index in [1.165, 1.54) is 0 Å². The third-order valence-corrected chi connectivity index (χ3v) is 8.72. The normalized spacial score (nSPS) is 34.5. The summed E-state index contributed by atoms with van der Waals surface area (Å²) in [6.45, 7) is 7.79. The Labute approximate surface area is 228 Å². The number of likely N-dealkylation sites (tertiary alicyclic amines) is 1. The maximum atomic E-state index is 13.9.